The molecular weight excluding hydrogens is 248 g/mol. The number of hydrogen-bond acceptors (Lipinski definition) is 3. The molecule has 5 nitrogen and oxygen atoms in total. The maximum absolute atomic E-state index is 10.6. The molecule has 6 heteroatoms. The lowest BCUT2D eigenvalue weighted by Crippen LogP contribution is -2.54. The van der Waals surface area contributed by atoms with E-state index >= 15 is 0 Å². The van der Waals surface area contributed by atoms with Gasteiger partial charge in [-0.1, -0.05) is 20.8 Å². The second-order valence-electron chi connectivity index (χ2n) is 6.54. The molecule has 0 saturated carbocycles. The molecule has 1 heterocycles. The highest BCUT2D eigenvalue weighted by Crippen LogP contribution is 2.37. The van der Waals surface area contributed by atoms with Crippen molar-refractivity contribution in [3.8, 4) is 0 Å². The van der Waals surface area contributed by atoms with Crippen LogP contribution >= 0.6 is 0 Å². The summed E-state index contributed by atoms with van der Waals surface area (Å²) < 4.78 is 6.30. The van der Waals surface area contributed by atoms with Crippen LogP contribution in [0, 0.1) is 0 Å². The fourth-order valence-electron chi connectivity index (χ4n) is 1.87. The molecule has 0 aliphatic carbocycles. The molecule has 0 aromatic carbocycles. The SMILES string of the molecule is CC(C)(C)[Si](C)(C)O[C@H]1CNC[C@@H](NC(=O)O)C1. The van der Waals surface area contributed by atoms with Crippen molar-refractivity contribution in [1.29, 1.82) is 0 Å². The number of carbonyl (C=O) groups is 1. The maximum atomic E-state index is 10.6. The molecule has 106 valence electrons. The summed E-state index contributed by atoms with van der Waals surface area (Å²) in [5.41, 5.74) is 0. The van der Waals surface area contributed by atoms with Crippen molar-refractivity contribution in [2.45, 2.75) is 57.5 Å². The van der Waals surface area contributed by atoms with Crippen LogP contribution in [0.4, 0.5) is 4.79 Å². The lowest BCUT2D eigenvalue weighted by Gasteiger charge is -2.41. The van der Waals surface area contributed by atoms with E-state index in [0.717, 1.165) is 13.0 Å². The monoisotopic (exact) mass is 274 g/mol. The Balaban J connectivity index is 2.55. The van der Waals surface area contributed by atoms with Gasteiger partial charge in [0, 0.05) is 19.1 Å². The summed E-state index contributed by atoms with van der Waals surface area (Å²) in [4.78, 5) is 10.6. The Kier molecular flexibility index (Phi) is 4.80. The second-order valence-corrected chi connectivity index (χ2v) is 11.3. The van der Waals surface area contributed by atoms with Crippen LogP contribution in [0.25, 0.3) is 0 Å². The normalized spacial score (nSPS) is 25.8. The highest BCUT2D eigenvalue weighted by atomic mass is 28.4. The van der Waals surface area contributed by atoms with Gasteiger partial charge in [-0.05, 0) is 24.6 Å². The van der Waals surface area contributed by atoms with E-state index in [9.17, 15) is 4.79 Å². The molecule has 1 fully saturated rings. The Morgan fingerprint density at radius 2 is 2.00 bits per heavy atom. The number of amides is 1. The smallest absolute Gasteiger partial charge is 0.404 e. The lowest BCUT2D eigenvalue weighted by molar-refractivity contribution is 0.127. The highest BCUT2D eigenvalue weighted by Gasteiger charge is 2.40. The second kappa shape index (κ2) is 5.58. The van der Waals surface area contributed by atoms with E-state index in [0.29, 0.717) is 6.54 Å². The fraction of sp³-hybridized carbons (Fsp3) is 0.917. The van der Waals surface area contributed by atoms with Gasteiger partial charge in [0.05, 0.1) is 6.10 Å². The minimum atomic E-state index is -1.78. The Morgan fingerprint density at radius 1 is 1.39 bits per heavy atom. The third-order valence-corrected chi connectivity index (χ3v) is 8.44. The van der Waals surface area contributed by atoms with E-state index in [1.54, 1.807) is 0 Å². The van der Waals surface area contributed by atoms with Crippen molar-refractivity contribution in [3.05, 3.63) is 0 Å². The molecule has 1 aliphatic heterocycles. The molecule has 1 amide bonds. The Hall–Kier alpha value is -0.593. The molecule has 2 atom stereocenters. The fourth-order valence-corrected chi connectivity index (χ4v) is 3.24. The largest absolute Gasteiger partial charge is 0.465 e. The summed E-state index contributed by atoms with van der Waals surface area (Å²) in [5, 5.41) is 14.7. The van der Waals surface area contributed by atoms with Gasteiger partial charge in [0.1, 0.15) is 0 Å². The zero-order valence-electron chi connectivity index (χ0n) is 12.0. The minimum absolute atomic E-state index is 0.0500. The summed E-state index contributed by atoms with van der Waals surface area (Å²) in [6, 6.07) is -0.0500. The molecule has 18 heavy (non-hydrogen) atoms. The van der Waals surface area contributed by atoms with Crippen LogP contribution < -0.4 is 10.6 Å². The van der Waals surface area contributed by atoms with Gasteiger partial charge >= 0.3 is 6.09 Å². The molecule has 1 rings (SSSR count). The average Bonchev–Trinajstić information content (AvgIpc) is 2.14. The Labute approximate surface area is 110 Å². The van der Waals surface area contributed by atoms with Crippen LogP contribution in [0.5, 0.6) is 0 Å². The summed E-state index contributed by atoms with van der Waals surface area (Å²) in [6.07, 6.45) is -0.0995. The average molecular weight is 274 g/mol. The van der Waals surface area contributed by atoms with Crippen LogP contribution in [0.3, 0.4) is 0 Å². The Bertz CT molecular complexity index is 302. The molecule has 1 saturated heterocycles. The number of hydrogen-bond donors (Lipinski definition) is 3. The Morgan fingerprint density at radius 3 is 2.50 bits per heavy atom. The first kappa shape index (κ1) is 15.5. The molecule has 3 N–H and O–H groups in total. The lowest BCUT2D eigenvalue weighted by atomic mass is 10.1. The highest BCUT2D eigenvalue weighted by molar-refractivity contribution is 6.74. The van der Waals surface area contributed by atoms with Gasteiger partial charge in [-0.2, -0.15) is 0 Å². The first-order valence-electron chi connectivity index (χ1n) is 6.50. The van der Waals surface area contributed by atoms with Crippen molar-refractivity contribution < 1.29 is 14.3 Å². The van der Waals surface area contributed by atoms with Gasteiger partial charge < -0.3 is 20.2 Å². The van der Waals surface area contributed by atoms with Gasteiger partial charge in [0.15, 0.2) is 8.32 Å². The van der Waals surface area contributed by atoms with Crippen LogP contribution in [-0.4, -0.2) is 44.8 Å². The molecule has 0 bridgehead atoms. The van der Waals surface area contributed by atoms with Gasteiger partial charge in [-0.3, -0.25) is 0 Å². The van der Waals surface area contributed by atoms with Gasteiger partial charge in [-0.15, -0.1) is 0 Å². The molecular formula is C12H26N2O3Si. The first-order chi connectivity index (χ1) is 8.12. The van der Waals surface area contributed by atoms with E-state index in [1.807, 2.05) is 0 Å². The van der Waals surface area contributed by atoms with Crippen molar-refractivity contribution in [2.75, 3.05) is 13.1 Å². The third-order valence-electron chi connectivity index (χ3n) is 3.91. The number of carboxylic acid groups (broad SMARTS) is 1. The third kappa shape index (κ3) is 4.26. The summed E-state index contributed by atoms with van der Waals surface area (Å²) in [6.45, 7) is 12.6. The minimum Gasteiger partial charge on any atom is -0.465 e. The van der Waals surface area contributed by atoms with Gasteiger partial charge in [0.25, 0.3) is 0 Å². The standard InChI is InChI=1S/C12H26N2O3Si/c1-12(2,3)18(4,5)17-10-6-9(7-13-8-10)14-11(15)16/h9-10,13-14H,6-8H2,1-5H3,(H,15,16)/t9-,10+/m0/s1. The van der Waals surface area contributed by atoms with E-state index in [4.69, 9.17) is 9.53 Å². The quantitative estimate of drug-likeness (QED) is 0.689. The van der Waals surface area contributed by atoms with Crippen molar-refractivity contribution in [2.24, 2.45) is 0 Å². The zero-order chi connectivity index (χ0) is 14.0. The molecule has 0 aromatic heterocycles. The van der Waals surface area contributed by atoms with Crippen LogP contribution in [0.1, 0.15) is 27.2 Å². The predicted molar refractivity (Wildman–Crippen MR) is 74.5 cm³/mol. The van der Waals surface area contributed by atoms with E-state index in [1.165, 1.54) is 0 Å². The van der Waals surface area contributed by atoms with Crippen LogP contribution in [-0.2, 0) is 4.43 Å². The summed E-state index contributed by atoms with van der Waals surface area (Å²) in [5.74, 6) is 0. The van der Waals surface area contributed by atoms with Crippen molar-refractivity contribution >= 4 is 14.4 Å². The van der Waals surface area contributed by atoms with E-state index in [2.05, 4.69) is 44.5 Å². The number of piperidine rings is 1. The van der Waals surface area contributed by atoms with Crippen molar-refractivity contribution in [3.63, 3.8) is 0 Å². The topological polar surface area (TPSA) is 70.6 Å². The maximum Gasteiger partial charge on any atom is 0.404 e. The molecule has 0 unspecified atom stereocenters. The summed E-state index contributed by atoms with van der Waals surface area (Å²) in [7, 11) is -1.78. The van der Waals surface area contributed by atoms with Crippen LogP contribution in [0.2, 0.25) is 18.1 Å². The number of nitrogens with one attached hydrogen (secondary N) is 2. The first-order valence-corrected chi connectivity index (χ1v) is 9.40. The molecule has 0 spiro atoms. The summed E-state index contributed by atoms with van der Waals surface area (Å²) >= 11 is 0. The van der Waals surface area contributed by atoms with Crippen molar-refractivity contribution in [1.82, 2.24) is 10.6 Å². The van der Waals surface area contributed by atoms with E-state index in [-0.39, 0.29) is 17.2 Å². The zero-order valence-corrected chi connectivity index (χ0v) is 13.0. The number of rotatable bonds is 3. The molecule has 1 aliphatic rings. The molecule has 0 radical (unpaired) electrons. The molecule has 0 aromatic rings. The van der Waals surface area contributed by atoms with Gasteiger partial charge in [0.2, 0.25) is 0 Å². The van der Waals surface area contributed by atoms with E-state index < -0.39 is 14.4 Å². The van der Waals surface area contributed by atoms with Crippen LogP contribution in [0.15, 0.2) is 0 Å². The van der Waals surface area contributed by atoms with Gasteiger partial charge in [-0.25, -0.2) is 4.79 Å². The predicted octanol–water partition coefficient (Wildman–Crippen LogP) is 2.01.